The Balaban J connectivity index is 1.65. The van der Waals surface area contributed by atoms with Crippen LogP contribution in [0.25, 0.3) is 0 Å². The van der Waals surface area contributed by atoms with Crippen molar-refractivity contribution in [3.8, 4) is 5.75 Å². The minimum Gasteiger partial charge on any atom is -0.497 e. The highest BCUT2D eigenvalue weighted by molar-refractivity contribution is 6.87. The van der Waals surface area contributed by atoms with Crippen molar-refractivity contribution in [1.82, 2.24) is 0 Å². The van der Waals surface area contributed by atoms with Gasteiger partial charge in [-0.3, -0.25) is 0 Å². The number of hydrogen-bond acceptors (Lipinski definition) is 4. The standard InChI is InChI=1S/C23H24BN3O/c1-24-18-10-5-6-11-20(18)26(3)21-14-22-23(13-19(21)24)27(15-25(22)2)16-8-7-9-17(12-16)28-4/h5-14H,15H2,1-4H3. The highest BCUT2D eigenvalue weighted by Crippen LogP contribution is 2.43. The van der Waals surface area contributed by atoms with Crippen molar-refractivity contribution in [3.63, 3.8) is 0 Å². The largest absolute Gasteiger partial charge is 0.497 e. The van der Waals surface area contributed by atoms with E-state index in [2.05, 4.69) is 90.2 Å². The number of nitrogens with zero attached hydrogens (tertiary/aromatic N) is 3. The van der Waals surface area contributed by atoms with Gasteiger partial charge in [-0.15, -0.1) is 0 Å². The topological polar surface area (TPSA) is 19.0 Å². The summed E-state index contributed by atoms with van der Waals surface area (Å²) in [5.74, 6) is 0.883. The van der Waals surface area contributed by atoms with Crippen LogP contribution in [-0.4, -0.2) is 34.6 Å². The van der Waals surface area contributed by atoms with Gasteiger partial charge in [-0.1, -0.05) is 36.6 Å². The maximum atomic E-state index is 5.44. The van der Waals surface area contributed by atoms with Crippen LogP contribution >= 0.6 is 0 Å². The summed E-state index contributed by atoms with van der Waals surface area (Å²) in [5.41, 5.74) is 9.04. The van der Waals surface area contributed by atoms with E-state index in [1.807, 2.05) is 6.07 Å². The van der Waals surface area contributed by atoms with E-state index in [9.17, 15) is 0 Å². The minimum atomic E-state index is 0.366. The van der Waals surface area contributed by atoms with E-state index < -0.39 is 0 Å². The van der Waals surface area contributed by atoms with E-state index in [1.165, 1.54) is 33.7 Å². The zero-order valence-corrected chi connectivity index (χ0v) is 16.8. The zero-order valence-electron chi connectivity index (χ0n) is 16.8. The van der Waals surface area contributed by atoms with E-state index >= 15 is 0 Å². The molecule has 0 bridgehead atoms. The fraction of sp³-hybridized carbons (Fsp3) is 0.217. The molecule has 2 heterocycles. The van der Waals surface area contributed by atoms with Crippen molar-refractivity contribution in [2.75, 3.05) is 42.6 Å². The molecule has 0 aliphatic carbocycles. The Hall–Kier alpha value is -3.08. The highest BCUT2D eigenvalue weighted by atomic mass is 16.5. The molecule has 0 aromatic heterocycles. The minimum absolute atomic E-state index is 0.366. The summed E-state index contributed by atoms with van der Waals surface area (Å²) in [5, 5.41) is 0. The molecular formula is C23H24BN3O. The molecule has 2 aliphatic heterocycles. The SMILES string of the molecule is COc1cccc(N2CN(C)c3cc4c(cc32)B(C)c2ccccc2N4C)c1. The third-order valence-electron chi connectivity index (χ3n) is 6.14. The number of hydrogen-bond donors (Lipinski definition) is 0. The van der Waals surface area contributed by atoms with Gasteiger partial charge in [0.05, 0.1) is 25.2 Å². The zero-order chi connectivity index (χ0) is 19.4. The summed E-state index contributed by atoms with van der Waals surface area (Å²) in [6.45, 7) is 3.51. The molecule has 5 rings (SSSR count). The lowest BCUT2D eigenvalue weighted by molar-refractivity contribution is 0.415. The van der Waals surface area contributed by atoms with Gasteiger partial charge in [0, 0.05) is 37.2 Å². The van der Waals surface area contributed by atoms with E-state index in [0.717, 1.165) is 18.1 Å². The third-order valence-corrected chi connectivity index (χ3v) is 6.14. The third kappa shape index (κ3) is 2.39. The number of methoxy groups -OCH3 is 1. The van der Waals surface area contributed by atoms with Gasteiger partial charge in [-0.25, -0.2) is 0 Å². The van der Waals surface area contributed by atoms with Crippen molar-refractivity contribution in [2.24, 2.45) is 0 Å². The quantitative estimate of drug-likeness (QED) is 0.643. The smallest absolute Gasteiger partial charge is 0.211 e. The number of anilines is 5. The van der Waals surface area contributed by atoms with E-state index in [-0.39, 0.29) is 0 Å². The summed E-state index contributed by atoms with van der Waals surface area (Å²) in [6.07, 6.45) is 0. The van der Waals surface area contributed by atoms with Crippen molar-refractivity contribution in [1.29, 1.82) is 0 Å². The molecule has 0 fully saturated rings. The molecule has 0 radical (unpaired) electrons. The van der Waals surface area contributed by atoms with Crippen molar-refractivity contribution < 1.29 is 4.74 Å². The van der Waals surface area contributed by atoms with Gasteiger partial charge in [-0.2, -0.15) is 0 Å². The number of fused-ring (bicyclic) bond motifs is 3. The number of para-hydroxylation sites is 1. The molecule has 4 nitrogen and oxygen atoms in total. The molecule has 0 unspecified atom stereocenters. The van der Waals surface area contributed by atoms with Crippen LogP contribution in [-0.2, 0) is 0 Å². The maximum Gasteiger partial charge on any atom is 0.211 e. The number of benzene rings is 3. The van der Waals surface area contributed by atoms with Gasteiger partial charge >= 0.3 is 0 Å². The molecule has 28 heavy (non-hydrogen) atoms. The average molecular weight is 369 g/mol. The van der Waals surface area contributed by atoms with Crippen LogP contribution in [0.15, 0.2) is 60.7 Å². The summed E-state index contributed by atoms with van der Waals surface area (Å²) in [7, 11) is 6.05. The molecule has 0 saturated heterocycles. The Morgan fingerprint density at radius 2 is 1.64 bits per heavy atom. The first-order valence-corrected chi connectivity index (χ1v) is 9.72. The summed E-state index contributed by atoms with van der Waals surface area (Å²) in [4.78, 5) is 7.01. The Morgan fingerprint density at radius 1 is 0.821 bits per heavy atom. The van der Waals surface area contributed by atoms with Crippen LogP contribution in [0.4, 0.5) is 28.4 Å². The van der Waals surface area contributed by atoms with Crippen LogP contribution in [0.1, 0.15) is 0 Å². The molecule has 0 spiro atoms. The van der Waals surface area contributed by atoms with Crippen LogP contribution in [0.3, 0.4) is 0 Å². The molecule has 3 aromatic rings. The highest BCUT2D eigenvalue weighted by Gasteiger charge is 2.33. The lowest BCUT2D eigenvalue weighted by atomic mass is 9.40. The summed E-state index contributed by atoms with van der Waals surface area (Å²) >= 11 is 0. The molecule has 0 saturated carbocycles. The first-order valence-electron chi connectivity index (χ1n) is 9.72. The fourth-order valence-electron chi connectivity index (χ4n) is 4.56. The predicted octanol–water partition coefficient (Wildman–Crippen LogP) is 3.56. The number of ether oxygens (including phenoxy) is 1. The second kappa shape index (κ2) is 6.23. The molecule has 2 aliphatic rings. The van der Waals surface area contributed by atoms with E-state index in [4.69, 9.17) is 4.74 Å². The van der Waals surface area contributed by atoms with Gasteiger partial charge in [0.1, 0.15) is 5.75 Å². The van der Waals surface area contributed by atoms with Crippen molar-refractivity contribution in [2.45, 2.75) is 6.82 Å². The Bertz CT molecular complexity index is 1070. The first kappa shape index (κ1) is 17.1. The predicted molar refractivity (Wildman–Crippen MR) is 120 cm³/mol. The van der Waals surface area contributed by atoms with Crippen LogP contribution in [0, 0.1) is 0 Å². The molecule has 0 atom stereocenters. The molecule has 0 N–H and O–H groups in total. The van der Waals surface area contributed by atoms with Gasteiger partial charge in [0.2, 0.25) is 6.71 Å². The second-order valence-electron chi connectivity index (χ2n) is 7.71. The Kier molecular flexibility index (Phi) is 3.79. The second-order valence-corrected chi connectivity index (χ2v) is 7.71. The monoisotopic (exact) mass is 369 g/mol. The van der Waals surface area contributed by atoms with Gasteiger partial charge in [0.15, 0.2) is 0 Å². The van der Waals surface area contributed by atoms with Crippen LogP contribution in [0.2, 0.25) is 6.82 Å². The molecular weight excluding hydrogens is 345 g/mol. The number of rotatable bonds is 2. The van der Waals surface area contributed by atoms with Crippen LogP contribution in [0.5, 0.6) is 5.75 Å². The van der Waals surface area contributed by atoms with Crippen molar-refractivity contribution in [3.05, 3.63) is 60.7 Å². The normalized spacial score (nSPS) is 14.7. The lowest BCUT2D eigenvalue weighted by Gasteiger charge is -2.34. The summed E-state index contributed by atoms with van der Waals surface area (Å²) < 4.78 is 5.44. The maximum absolute atomic E-state index is 5.44. The Labute approximate surface area is 167 Å². The summed E-state index contributed by atoms with van der Waals surface area (Å²) in [6, 6.07) is 21.7. The average Bonchev–Trinajstić information content (AvgIpc) is 3.07. The van der Waals surface area contributed by atoms with Gasteiger partial charge < -0.3 is 19.4 Å². The molecule has 140 valence electrons. The van der Waals surface area contributed by atoms with Crippen LogP contribution < -0.4 is 30.4 Å². The molecule has 3 aromatic carbocycles. The van der Waals surface area contributed by atoms with E-state index in [1.54, 1.807) is 7.11 Å². The molecule has 0 amide bonds. The van der Waals surface area contributed by atoms with E-state index in [0.29, 0.717) is 6.71 Å². The first-order chi connectivity index (χ1) is 13.6. The van der Waals surface area contributed by atoms with Gasteiger partial charge in [-0.05, 0) is 35.8 Å². The molecule has 5 heteroatoms. The lowest BCUT2D eigenvalue weighted by Crippen LogP contribution is -2.48. The van der Waals surface area contributed by atoms with Crippen molar-refractivity contribution >= 4 is 46.1 Å². The Morgan fingerprint density at radius 3 is 2.46 bits per heavy atom. The fourth-order valence-corrected chi connectivity index (χ4v) is 4.56. The van der Waals surface area contributed by atoms with Gasteiger partial charge in [0.25, 0.3) is 0 Å².